The van der Waals surface area contributed by atoms with Gasteiger partial charge in [0.1, 0.15) is 0 Å². The Hall–Kier alpha value is -1.82. The summed E-state index contributed by atoms with van der Waals surface area (Å²) in [5.74, 6) is 1.25. The van der Waals surface area contributed by atoms with Crippen LogP contribution >= 0.6 is 11.8 Å². The van der Waals surface area contributed by atoms with Gasteiger partial charge in [0.15, 0.2) is 11.0 Å². The molecule has 0 radical (unpaired) electrons. The molecular formula is C16H22N4OS. The van der Waals surface area contributed by atoms with E-state index in [4.69, 9.17) is 0 Å². The molecule has 0 spiro atoms. The van der Waals surface area contributed by atoms with Crippen molar-refractivity contribution in [1.29, 1.82) is 0 Å². The van der Waals surface area contributed by atoms with Gasteiger partial charge in [0.05, 0.1) is 5.75 Å². The first-order valence-electron chi connectivity index (χ1n) is 7.55. The number of amides is 1. The van der Waals surface area contributed by atoms with Crippen molar-refractivity contribution in [3.63, 3.8) is 0 Å². The number of nitrogens with one attached hydrogen (secondary N) is 1. The second kappa shape index (κ2) is 7.98. The third-order valence-corrected chi connectivity index (χ3v) is 4.11. The third-order valence-electron chi connectivity index (χ3n) is 3.15. The van der Waals surface area contributed by atoms with Crippen molar-refractivity contribution in [3.8, 4) is 11.4 Å². The molecule has 118 valence electrons. The molecule has 6 heteroatoms. The van der Waals surface area contributed by atoms with Gasteiger partial charge in [-0.2, -0.15) is 0 Å². The molecule has 1 aromatic heterocycles. The summed E-state index contributed by atoms with van der Waals surface area (Å²) in [5.41, 5.74) is 2.26. The van der Waals surface area contributed by atoms with Crippen LogP contribution in [0.4, 0.5) is 0 Å². The van der Waals surface area contributed by atoms with Crippen LogP contribution in [0.2, 0.25) is 0 Å². The smallest absolute Gasteiger partial charge is 0.230 e. The molecule has 0 aliphatic rings. The monoisotopic (exact) mass is 318 g/mol. The number of thioether (sulfide) groups is 1. The van der Waals surface area contributed by atoms with Gasteiger partial charge >= 0.3 is 0 Å². The largest absolute Gasteiger partial charge is 0.356 e. The van der Waals surface area contributed by atoms with Gasteiger partial charge in [-0.1, -0.05) is 42.4 Å². The summed E-state index contributed by atoms with van der Waals surface area (Å²) in [4.78, 5) is 11.6. The molecule has 1 N–H and O–H groups in total. The summed E-state index contributed by atoms with van der Waals surface area (Å²) in [7, 11) is 0. The maximum atomic E-state index is 11.6. The number of hydrogen-bond acceptors (Lipinski definition) is 4. The van der Waals surface area contributed by atoms with Gasteiger partial charge in [-0.3, -0.25) is 4.79 Å². The summed E-state index contributed by atoms with van der Waals surface area (Å²) in [6, 6.07) is 8.24. The first-order valence-corrected chi connectivity index (χ1v) is 8.54. The number of rotatable bonds is 7. The minimum Gasteiger partial charge on any atom is -0.356 e. The first kappa shape index (κ1) is 16.5. The molecule has 0 bridgehead atoms. The van der Waals surface area contributed by atoms with Crippen LogP contribution in [-0.2, 0) is 11.3 Å². The second-order valence-electron chi connectivity index (χ2n) is 5.07. The van der Waals surface area contributed by atoms with E-state index < -0.39 is 0 Å². The highest BCUT2D eigenvalue weighted by molar-refractivity contribution is 7.99. The lowest BCUT2D eigenvalue weighted by molar-refractivity contribution is -0.118. The predicted octanol–water partition coefficient (Wildman–Crippen LogP) is 2.89. The van der Waals surface area contributed by atoms with Crippen molar-refractivity contribution >= 4 is 17.7 Å². The van der Waals surface area contributed by atoms with Crippen LogP contribution in [0.1, 0.15) is 25.8 Å². The average molecular weight is 318 g/mol. The van der Waals surface area contributed by atoms with E-state index in [0.29, 0.717) is 12.3 Å². The van der Waals surface area contributed by atoms with Crippen molar-refractivity contribution < 1.29 is 4.79 Å². The second-order valence-corrected chi connectivity index (χ2v) is 6.01. The van der Waals surface area contributed by atoms with Crippen LogP contribution < -0.4 is 5.32 Å². The lowest BCUT2D eigenvalue weighted by Crippen LogP contribution is -2.24. The molecule has 0 aliphatic carbocycles. The number of hydrogen-bond donors (Lipinski definition) is 1. The molecule has 1 heterocycles. The molecule has 0 unspecified atom stereocenters. The third kappa shape index (κ3) is 4.10. The van der Waals surface area contributed by atoms with Gasteiger partial charge in [0, 0.05) is 18.7 Å². The summed E-state index contributed by atoms with van der Waals surface area (Å²) >= 11 is 1.43. The molecule has 5 nitrogen and oxygen atoms in total. The Morgan fingerprint density at radius 2 is 2.14 bits per heavy atom. The molecule has 0 aliphatic heterocycles. The zero-order valence-electron chi connectivity index (χ0n) is 13.3. The fourth-order valence-corrected chi connectivity index (χ4v) is 2.99. The van der Waals surface area contributed by atoms with Gasteiger partial charge in [-0.25, -0.2) is 0 Å². The minimum atomic E-state index is 0.0238. The average Bonchev–Trinajstić information content (AvgIpc) is 2.89. The van der Waals surface area contributed by atoms with E-state index in [1.54, 1.807) is 0 Å². The van der Waals surface area contributed by atoms with Crippen LogP contribution in [0.3, 0.4) is 0 Å². The lowest BCUT2D eigenvalue weighted by atomic mass is 10.1. The standard InChI is InChI=1S/C16H22N4OS/c1-4-9-20-15(13-8-6-7-12(3)10-13)18-19-16(20)22-11-14(21)17-5-2/h6-8,10H,4-5,9,11H2,1-3H3,(H,17,21). The first-order chi connectivity index (χ1) is 10.7. The van der Waals surface area contributed by atoms with Crippen LogP contribution in [0.15, 0.2) is 29.4 Å². The Balaban J connectivity index is 2.23. The minimum absolute atomic E-state index is 0.0238. The van der Waals surface area contributed by atoms with Crippen molar-refractivity contribution in [2.75, 3.05) is 12.3 Å². The van der Waals surface area contributed by atoms with Crippen molar-refractivity contribution in [1.82, 2.24) is 20.1 Å². The Labute approximate surface area is 135 Å². The maximum absolute atomic E-state index is 11.6. The van der Waals surface area contributed by atoms with E-state index in [-0.39, 0.29) is 5.91 Å². The van der Waals surface area contributed by atoms with Crippen LogP contribution in [0.25, 0.3) is 11.4 Å². The molecule has 1 amide bonds. The number of nitrogens with zero attached hydrogens (tertiary/aromatic N) is 3. The molecule has 0 saturated heterocycles. The Morgan fingerprint density at radius 1 is 1.32 bits per heavy atom. The zero-order chi connectivity index (χ0) is 15.9. The predicted molar refractivity (Wildman–Crippen MR) is 89.9 cm³/mol. The number of benzene rings is 1. The molecule has 1 aromatic carbocycles. The van der Waals surface area contributed by atoms with E-state index in [0.717, 1.165) is 29.5 Å². The van der Waals surface area contributed by atoms with Crippen LogP contribution in [-0.4, -0.2) is 33.0 Å². The number of aromatic nitrogens is 3. The number of aryl methyl sites for hydroxylation is 1. The van der Waals surface area contributed by atoms with E-state index in [2.05, 4.69) is 46.1 Å². The van der Waals surface area contributed by atoms with Gasteiger partial charge in [-0.15, -0.1) is 10.2 Å². The number of carbonyl (C=O) groups is 1. The Bertz CT molecular complexity index is 639. The van der Waals surface area contributed by atoms with Crippen LogP contribution in [0, 0.1) is 6.92 Å². The van der Waals surface area contributed by atoms with Crippen molar-refractivity contribution in [2.45, 2.75) is 38.9 Å². The van der Waals surface area contributed by atoms with Crippen molar-refractivity contribution in [2.24, 2.45) is 0 Å². The maximum Gasteiger partial charge on any atom is 0.230 e. The summed E-state index contributed by atoms with van der Waals surface area (Å²) in [5, 5.41) is 12.2. The van der Waals surface area contributed by atoms with E-state index >= 15 is 0 Å². The SMILES string of the molecule is CCCn1c(SCC(=O)NCC)nnc1-c1cccc(C)c1. The van der Waals surface area contributed by atoms with Gasteiger partial charge in [0.2, 0.25) is 5.91 Å². The van der Waals surface area contributed by atoms with E-state index in [1.807, 2.05) is 19.1 Å². The fourth-order valence-electron chi connectivity index (χ4n) is 2.20. The normalized spacial score (nSPS) is 10.7. The zero-order valence-corrected chi connectivity index (χ0v) is 14.1. The fraction of sp³-hybridized carbons (Fsp3) is 0.438. The van der Waals surface area contributed by atoms with Gasteiger partial charge < -0.3 is 9.88 Å². The highest BCUT2D eigenvalue weighted by Crippen LogP contribution is 2.24. The number of carbonyl (C=O) groups excluding carboxylic acids is 1. The van der Waals surface area contributed by atoms with Gasteiger partial charge in [0.25, 0.3) is 0 Å². The Morgan fingerprint density at radius 3 is 2.82 bits per heavy atom. The summed E-state index contributed by atoms with van der Waals surface area (Å²) in [6.07, 6.45) is 0.992. The van der Waals surface area contributed by atoms with E-state index in [1.165, 1.54) is 17.3 Å². The summed E-state index contributed by atoms with van der Waals surface area (Å²) in [6.45, 7) is 7.59. The van der Waals surface area contributed by atoms with Crippen molar-refractivity contribution in [3.05, 3.63) is 29.8 Å². The molecular weight excluding hydrogens is 296 g/mol. The lowest BCUT2D eigenvalue weighted by Gasteiger charge is -2.09. The molecule has 2 rings (SSSR count). The Kier molecular flexibility index (Phi) is 6.00. The molecule has 22 heavy (non-hydrogen) atoms. The summed E-state index contributed by atoms with van der Waals surface area (Å²) < 4.78 is 2.10. The molecule has 0 atom stereocenters. The molecule has 0 saturated carbocycles. The highest BCUT2D eigenvalue weighted by Gasteiger charge is 2.15. The molecule has 2 aromatic rings. The van der Waals surface area contributed by atoms with E-state index in [9.17, 15) is 4.79 Å². The molecule has 0 fully saturated rings. The topological polar surface area (TPSA) is 59.8 Å². The van der Waals surface area contributed by atoms with Gasteiger partial charge in [-0.05, 0) is 26.3 Å². The highest BCUT2D eigenvalue weighted by atomic mass is 32.2. The van der Waals surface area contributed by atoms with Crippen LogP contribution in [0.5, 0.6) is 0 Å². The quantitative estimate of drug-likeness (QED) is 0.798.